The van der Waals surface area contributed by atoms with Gasteiger partial charge < -0.3 is 9.84 Å². The van der Waals surface area contributed by atoms with Crippen LogP contribution in [0.1, 0.15) is 0 Å². The van der Waals surface area contributed by atoms with Crippen molar-refractivity contribution in [3.8, 4) is 5.75 Å². The van der Waals surface area contributed by atoms with Gasteiger partial charge in [-0.1, -0.05) is 11.6 Å². The summed E-state index contributed by atoms with van der Waals surface area (Å²) in [5.74, 6) is -1.03. The molecule has 0 bridgehead atoms. The predicted octanol–water partition coefficient (Wildman–Crippen LogP) is 0.952. The Morgan fingerprint density at radius 3 is 2.78 bits per heavy atom. The molecular formula is C10H10ClNO5S. The van der Waals surface area contributed by atoms with Gasteiger partial charge in [0.2, 0.25) is 16.1 Å². The van der Waals surface area contributed by atoms with Crippen LogP contribution in [0, 0.1) is 0 Å². The maximum absolute atomic E-state index is 11.7. The molecule has 6 nitrogen and oxygen atoms in total. The summed E-state index contributed by atoms with van der Waals surface area (Å²) in [7, 11) is -3.59. The first-order chi connectivity index (χ1) is 8.29. The van der Waals surface area contributed by atoms with Crippen LogP contribution in [0.5, 0.6) is 5.75 Å². The Hall–Kier alpha value is -1.47. The van der Waals surface area contributed by atoms with Gasteiger partial charge in [-0.05, 0) is 18.2 Å². The topological polar surface area (TPSA) is 83.9 Å². The van der Waals surface area contributed by atoms with Crippen LogP contribution in [0.3, 0.4) is 0 Å². The van der Waals surface area contributed by atoms with Crippen molar-refractivity contribution in [2.45, 2.75) is 6.10 Å². The van der Waals surface area contributed by atoms with Crippen LogP contribution >= 0.6 is 11.6 Å². The second-order valence-electron chi connectivity index (χ2n) is 3.85. The van der Waals surface area contributed by atoms with E-state index in [4.69, 9.17) is 21.4 Å². The fraction of sp³-hybridized carbons (Fsp3) is 0.300. The highest BCUT2D eigenvalue weighted by atomic mass is 35.5. The first-order valence-electron chi connectivity index (χ1n) is 4.96. The molecule has 1 atom stereocenters. The Bertz CT molecular complexity index is 600. The zero-order valence-corrected chi connectivity index (χ0v) is 10.9. The fourth-order valence-electron chi connectivity index (χ4n) is 1.67. The van der Waals surface area contributed by atoms with E-state index in [1.807, 2.05) is 0 Å². The van der Waals surface area contributed by atoms with Crippen molar-refractivity contribution in [2.75, 3.05) is 17.1 Å². The number of fused-ring (bicyclic) bond motifs is 1. The van der Waals surface area contributed by atoms with Crippen molar-refractivity contribution < 1.29 is 23.1 Å². The lowest BCUT2D eigenvalue weighted by molar-refractivity contribution is -0.144. The standard InChI is InChI=1S/C10H10ClNO5S/c1-18(15,16)12-5-9(10(13)14)17-8-3-2-6(11)4-7(8)12/h2-4,9H,5H2,1H3,(H,13,14). The second-order valence-corrected chi connectivity index (χ2v) is 6.19. The maximum atomic E-state index is 11.7. The molecule has 8 heteroatoms. The monoisotopic (exact) mass is 291 g/mol. The number of carboxylic acid groups (broad SMARTS) is 1. The average Bonchev–Trinajstić information content (AvgIpc) is 2.26. The minimum Gasteiger partial charge on any atom is -0.478 e. The van der Waals surface area contributed by atoms with Gasteiger partial charge in [-0.2, -0.15) is 0 Å². The van der Waals surface area contributed by atoms with Gasteiger partial charge in [0.1, 0.15) is 5.75 Å². The van der Waals surface area contributed by atoms with Crippen LogP contribution in [0.25, 0.3) is 0 Å². The predicted molar refractivity (Wildman–Crippen MR) is 65.7 cm³/mol. The van der Waals surface area contributed by atoms with E-state index in [2.05, 4.69) is 0 Å². The zero-order valence-electron chi connectivity index (χ0n) is 9.33. The van der Waals surface area contributed by atoms with Crippen LogP contribution < -0.4 is 9.04 Å². The highest BCUT2D eigenvalue weighted by molar-refractivity contribution is 7.92. The Labute approximate surface area is 109 Å². The van der Waals surface area contributed by atoms with E-state index in [0.717, 1.165) is 10.6 Å². The molecule has 0 aromatic heterocycles. The number of hydrogen-bond donors (Lipinski definition) is 1. The van der Waals surface area contributed by atoms with Gasteiger partial charge in [-0.15, -0.1) is 0 Å². The van der Waals surface area contributed by atoms with Gasteiger partial charge in [-0.25, -0.2) is 13.2 Å². The number of ether oxygens (including phenoxy) is 1. The van der Waals surface area contributed by atoms with Gasteiger partial charge in [0.05, 0.1) is 18.5 Å². The molecule has 1 aromatic rings. The molecule has 1 unspecified atom stereocenters. The summed E-state index contributed by atoms with van der Waals surface area (Å²) in [6, 6.07) is 4.38. The molecular weight excluding hydrogens is 282 g/mol. The summed E-state index contributed by atoms with van der Waals surface area (Å²) in [4.78, 5) is 10.9. The summed E-state index contributed by atoms with van der Waals surface area (Å²) < 4.78 is 29.5. The highest BCUT2D eigenvalue weighted by Gasteiger charge is 2.34. The van der Waals surface area contributed by atoms with Gasteiger partial charge >= 0.3 is 5.97 Å². The van der Waals surface area contributed by atoms with E-state index in [1.165, 1.54) is 18.2 Å². The summed E-state index contributed by atoms with van der Waals surface area (Å²) >= 11 is 5.80. The molecule has 1 N–H and O–H groups in total. The molecule has 1 aromatic carbocycles. The number of aliphatic carboxylic acids is 1. The number of halogens is 1. The van der Waals surface area contributed by atoms with Crippen molar-refractivity contribution in [2.24, 2.45) is 0 Å². The van der Waals surface area contributed by atoms with E-state index in [-0.39, 0.29) is 18.0 Å². The molecule has 0 aliphatic carbocycles. The first-order valence-corrected chi connectivity index (χ1v) is 7.18. The summed E-state index contributed by atoms with van der Waals surface area (Å²) in [5.41, 5.74) is 0.252. The highest BCUT2D eigenvalue weighted by Crippen LogP contribution is 2.36. The SMILES string of the molecule is CS(=O)(=O)N1CC(C(=O)O)Oc2ccc(Cl)cc21. The Balaban J connectivity index is 2.54. The molecule has 1 aliphatic rings. The van der Waals surface area contributed by atoms with Gasteiger partial charge in [0, 0.05) is 5.02 Å². The summed E-state index contributed by atoms with van der Waals surface area (Å²) in [5, 5.41) is 9.28. The van der Waals surface area contributed by atoms with Crippen LogP contribution in [0.4, 0.5) is 5.69 Å². The Morgan fingerprint density at radius 1 is 1.56 bits per heavy atom. The Kier molecular flexibility index (Phi) is 3.12. The summed E-state index contributed by atoms with van der Waals surface area (Å²) in [6.07, 6.45) is -0.226. The van der Waals surface area contributed by atoms with Gasteiger partial charge in [-0.3, -0.25) is 4.31 Å². The zero-order chi connectivity index (χ0) is 13.5. The molecule has 98 valence electrons. The molecule has 0 fully saturated rings. The molecule has 0 radical (unpaired) electrons. The molecule has 1 heterocycles. The number of benzene rings is 1. The van der Waals surface area contributed by atoms with E-state index in [9.17, 15) is 13.2 Å². The number of rotatable bonds is 2. The fourth-order valence-corrected chi connectivity index (χ4v) is 2.74. The van der Waals surface area contributed by atoms with E-state index in [1.54, 1.807) is 0 Å². The van der Waals surface area contributed by atoms with E-state index >= 15 is 0 Å². The van der Waals surface area contributed by atoms with Crippen molar-refractivity contribution in [1.82, 2.24) is 0 Å². The van der Waals surface area contributed by atoms with Crippen molar-refractivity contribution in [1.29, 1.82) is 0 Å². The van der Waals surface area contributed by atoms with Crippen molar-refractivity contribution in [3.63, 3.8) is 0 Å². The van der Waals surface area contributed by atoms with Crippen LogP contribution in [-0.2, 0) is 14.8 Å². The average molecular weight is 292 g/mol. The largest absolute Gasteiger partial charge is 0.478 e. The van der Waals surface area contributed by atoms with Gasteiger partial charge in [0.25, 0.3) is 0 Å². The van der Waals surface area contributed by atoms with Crippen molar-refractivity contribution in [3.05, 3.63) is 23.2 Å². The minimum absolute atomic E-state index is 0.184. The van der Waals surface area contributed by atoms with Crippen LogP contribution in [0.15, 0.2) is 18.2 Å². The number of carboxylic acids is 1. The number of anilines is 1. The quantitative estimate of drug-likeness (QED) is 0.877. The maximum Gasteiger partial charge on any atom is 0.346 e. The third-order valence-electron chi connectivity index (χ3n) is 2.47. The number of sulfonamides is 1. The molecule has 0 saturated carbocycles. The number of nitrogens with zero attached hydrogens (tertiary/aromatic N) is 1. The minimum atomic E-state index is -3.59. The van der Waals surface area contributed by atoms with Crippen LogP contribution in [-0.4, -0.2) is 38.4 Å². The third kappa shape index (κ3) is 2.37. The first kappa shape index (κ1) is 13.0. The number of carbonyl (C=O) groups is 1. The summed E-state index contributed by atoms with van der Waals surface area (Å²) in [6.45, 7) is -0.276. The normalized spacial score (nSPS) is 19.0. The van der Waals surface area contributed by atoms with E-state index in [0.29, 0.717) is 5.02 Å². The van der Waals surface area contributed by atoms with Gasteiger partial charge in [0.15, 0.2) is 0 Å². The lowest BCUT2D eigenvalue weighted by Crippen LogP contribution is -2.46. The van der Waals surface area contributed by atoms with Crippen molar-refractivity contribution >= 4 is 33.3 Å². The molecule has 2 rings (SSSR count). The third-order valence-corrected chi connectivity index (χ3v) is 3.85. The van der Waals surface area contributed by atoms with Crippen LogP contribution in [0.2, 0.25) is 5.02 Å². The smallest absolute Gasteiger partial charge is 0.346 e. The second kappa shape index (κ2) is 4.33. The molecule has 18 heavy (non-hydrogen) atoms. The lowest BCUT2D eigenvalue weighted by atomic mass is 10.2. The van der Waals surface area contributed by atoms with E-state index < -0.39 is 22.1 Å². The lowest BCUT2D eigenvalue weighted by Gasteiger charge is -2.32. The molecule has 0 spiro atoms. The molecule has 0 saturated heterocycles. The number of hydrogen-bond acceptors (Lipinski definition) is 4. The molecule has 0 amide bonds. The Morgan fingerprint density at radius 2 is 2.22 bits per heavy atom. The molecule has 1 aliphatic heterocycles.